The fourth-order valence-corrected chi connectivity index (χ4v) is 7.65. The quantitative estimate of drug-likeness (QED) is 0.398. The van der Waals surface area contributed by atoms with Gasteiger partial charge in [-0.25, -0.2) is 0 Å². The molecule has 5 nitrogen and oxygen atoms in total. The van der Waals surface area contributed by atoms with E-state index in [0.29, 0.717) is 13.2 Å². The van der Waals surface area contributed by atoms with Gasteiger partial charge in [-0.1, -0.05) is 6.92 Å². The third-order valence-electron chi connectivity index (χ3n) is 2.21. The zero-order valence-electron chi connectivity index (χ0n) is 15.0. The van der Waals surface area contributed by atoms with Crippen molar-refractivity contribution < 1.29 is 22.1 Å². The third kappa shape index (κ3) is 13.8. The lowest BCUT2D eigenvalue weighted by Gasteiger charge is -2.32. The van der Waals surface area contributed by atoms with Gasteiger partial charge in [-0.2, -0.15) is 0 Å². The van der Waals surface area contributed by atoms with Gasteiger partial charge in [-0.05, 0) is 45.7 Å². The highest BCUT2D eigenvalue weighted by atomic mass is 28.5. The Bertz CT molecular complexity index is 250. The van der Waals surface area contributed by atoms with Crippen LogP contribution in [-0.2, 0) is 22.1 Å². The van der Waals surface area contributed by atoms with Crippen LogP contribution in [0, 0.1) is 0 Å². The van der Waals surface area contributed by atoms with Crippen LogP contribution in [0.25, 0.3) is 0 Å². The molecule has 0 bridgehead atoms. The molecular weight excluding hydrogens is 320 g/mol. The van der Waals surface area contributed by atoms with Crippen LogP contribution < -0.4 is 0 Å². The van der Waals surface area contributed by atoms with Crippen LogP contribution in [0.2, 0.25) is 39.3 Å². The predicted molar refractivity (Wildman–Crippen MR) is 93.9 cm³/mol. The molecule has 0 aliphatic carbocycles. The minimum absolute atomic E-state index is 0.120. The summed E-state index contributed by atoms with van der Waals surface area (Å²) in [5.74, 6) is 0. The summed E-state index contributed by atoms with van der Waals surface area (Å²) in [4.78, 5) is 0. The van der Waals surface area contributed by atoms with Crippen LogP contribution in [0.1, 0.15) is 13.3 Å². The highest BCUT2D eigenvalue weighted by Gasteiger charge is 2.32. The molecule has 0 fully saturated rings. The molecule has 0 aromatic carbocycles. The van der Waals surface area contributed by atoms with E-state index < -0.39 is 26.2 Å². The van der Waals surface area contributed by atoms with Crippen molar-refractivity contribution in [2.24, 2.45) is 0 Å². The Labute approximate surface area is 134 Å². The van der Waals surface area contributed by atoms with Gasteiger partial charge < -0.3 is 22.1 Å². The fourth-order valence-electron chi connectivity index (χ4n) is 1.49. The smallest absolute Gasteiger partial charge is 0.419 e. The van der Waals surface area contributed by atoms with Crippen molar-refractivity contribution in [1.82, 2.24) is 0 Å². The van der Waals surface area contributed by atoms with E-state index >= 15 is 0 Å². The second-order valence-corrected chi connectivity index (χ2v) is 18.2. The fraction of sp³-hybridized carbons (Fsp3) is 1.00. The van der Waals surface area contributed by atoms with Gasteiger partial charge >= 0.3 is 9.53 Å². The predicted octanol–water partition coefficient (Wildman–Crippen LogP) is 2.86. The molecule has 128 valence electrons. The van der Waals surface area contributed by atoms with Crippen LogP contribution in [0.3, 0.4) is 0 Å². The first-order valence-electron chi connectivity index (χ1n) is 7.65. The van der Waals surface area contributed by atoms with Crippen molar-refractivity contribution in [3.8, 4) is 0 Å². The van der Waals surface area contributed by atoms with E-state index in [4.69, 9.17) is 22.1 Å². The van der Waals surface area contributed by atoms with E-state index in [0.717, 1.165) is 13.0 Å². The van der Waals surface area contributed by atoms with Crippen LogP contribution in [0.5, 0.6) is 0 Å². The summed E-state index contributed by atoms with van der Waals surface area (Å²) < 4.78 is 29.2. The molecule has 0 saturated carbocycles. The van der Waals surface area contributed by atoms with Crippen LogP contribution in [0.4, 0.5) is 0 Å². The van der Waals surface area contributed by atoms with E-state index in [1.165, 1.54) is 0 Å². The van der Waals surface area contributed by atoms with Gasteiger partial charge in [-0.3, -0.25) is 0 Å². The van der Waals surface area contributed by atoms with Gasteiger partial charge in [0.2, 0.25) is 0 Å². The standard InChI is InChI=1S/C13H34O5Si3/c1-9-10-15-12-13(11-14-2)16-19(17-20(3,4)5)18-21(6,7)8/h13,19H,9-12H2,1-8H3. The number of hydrogen-bond acceptors (Lipinski definition) is 5. The lowest BCUT2D eigenvalue weighted by Crippen LogP contribution is -2.48. The Kier molecular flexibility index (Phi) is 10.5. The topological polar surface area (TPSA) is 46.2 Å². The zero-order chi connectivity index (χ0) is 16.5. The Hall–Kier alpha value is 0.451. The SMILES string of the molecule is CCCOCC(COC)O[SiH](O[Si](C)(C)C)O[Si](C)(C)C. The van der Waals surface area contributed by atoms with Crippen molar-refractivity contribution in [3.05, 3.63) is 0 Å². The van der Waals surface area contributed by atoms with Gasteiger partial charge in [-0.15, -0.1) is 0 Å². The summed E-state index contributed by atoms with van der Waals surface area (Å²) >= 11 is 0. The maximum Gasteiger partial charge on any atom is 0.463 e. The molecule has 21 heavy (non-hydrogen) atoms. The molecule has 0 N–H and O–H groups in total. The third-order valence-corrected chi connectivity index (χ3v) is 10.0. The van der Waals surface area contributed by atoms with E-state index in [-0.39, 0.29) is 6.10 Å². The summed E-state index contributed by atoms with van der Waals surface area (Å²) in [5, 5.41) is 0. The van der Waals surface area contributed by atoms with Gasteiger partial charge in [0.1, 0.15) is 0 Å². The maximum absolute atomic E-state index is 6.15. The van der Waals surface area contributed by atoms with Gasteiger partial charge in [0.15, 0.2) is 16.6 Å². The summed E-state index contributed by atoms with van der Waals surface area (Å²) in [6, 6.07) is 0. The van der Waals surface area contributed by atoms with Crippen molar-refractivity contribution >= 4 is 26.2 Å². The molecule has 0 rings (SSSR count). The van der Waals surface area contributed by atoms with Gasteiger partial charge in [0.25, 0.3) is 0 Å². The summed E-state index contributed by atoms with van der Waals surface area (Å²) in [5.41, 5.74) is 0. The number of ether oxygens (including phenoxy) is 2. The number of hydrogen-bond donors (Lipinski definition) is 0. The van der Waals surface area contributed by atoms with E-state index in [1.807, 2.05) is 0 Å². The van der Waals surface area contributed by atoms with E-state index in [9.17, 15) is 0 Å². The molecule has 1 unspecified atom stereocenters. The Balaban J connectivity index is 4.62. The molecule has 0 amide bonds. The maximum atomic E-state index is 6.15. The minimum atomic E-state index is -2.16. The molecule has 0 saturated heterocycles. The summed E-state index contributed by atoms with van der Waals surface area (Å²) in [6.07, 6.45) is 0.878. The van der Waals surface area contributed by atoms with Gasteiger partial charge in [0.05, 0.1) is 19.3 Å². The second-order valence-electron chi connectivity index (χ2n) is 7.04. The Morgan fingerprint density at radius 2 is 1.43 bits per heavy atom. The lowest BCUT2D eigenvalue weighted by molar-refractivity contribution is -0.0112. The average Bonchev–Trinajstić information content (AvgIpc) is 2.24. The minimum Gasteiger partial charge on any atom is -0.419 e. The normalized spacial score (nSPS) is 14.7. The molecule has 0 aliphatic heterocycles. The Morgan fingerprint density at radius 3 is 1.81 bits per heavy atom. The van der Waals surface area contributed by atoms with Crippen LogP contribution in [-0.4, -0.2) is 59.2 Å². The van der Waals surface area contributed by atoms with Crippen molar-refractivity contribution in [1.29, 1.82) is 0 Å². The monoisotopic (exact) mass is 354 g/mol. The first-order valence-corrected chi connectivity index (χ1v) is 15.9. The highest BCUT2D eigenvalue weighted by Crippen LogP contribution is 2.14. The molecule has 0 spiro atoms. The first kappa shape index (κ1) is 21.5. The molecule has 0 aromatic rings. The summed E-state index contributed by atoms with van der Waals surface area (Å²) in [7, 11) is -3.88. The number of methoxy groups -OCH3 is 1. The van der Waals surface area contributed by atoms with E-state index in [1.54, 1.807) is 7.11 Å². The molecule has 0 aliphatic rings. The molecule has 0 radical (unpaired) electrons. The van der Waals surface area contributed by atoms with Crippen molar-refractivity contribution in [3.63, 3.8) is 0 Å². The van der Waals surface area contributed by atoms with Crippen LogP contribution >= 0.6 is 0 Å². The van der Waals surface area contributed by atoms with Crippen LogP contribution in [0.15, 0.2) is 0 Å². The largest absolute Gasteiger partial charge is 0.463 e. The molecule has 0 aromatic heterocycles. The number of rotatable bonds is 12. The Morgan fingerprint density at radius 1 is 0.905 bits per heavy atom. The average molecular weight is 355 g/mol. The van der Waals surface area contributed by atoms with Crippen molar-refractivity contribution in [2.45, 2.75) is 58.7 Å². The molecule has 0 heterocycles. The van der Waals surface area contributed by atoms with E-state index in [2.05, 4.69) is 46.2 Å². The highest BCUT2D eigenvalue weighted by molar-refractivity contribution is 6.79. The summed E-state index contributed by atoms with van der Waals surface area (Å²) in [6.45, 7) is 16.8. The molecular formula is C13H34O5Si3. The van der Waals surface area contributed by atoms with Gasteiger partial charge in [0, 0.05) is 13.7 Å². The zero-order valence-corrected chi connectivity index (χ0v) is 18.2. The molecule has 1 atom stereocenters. The molecule has 8 heteroatoms. The lowest BCUT2D eigenvalue weighted by atomic mass is 10.4. The second kappa shape index (κ2) is 10.3. The first-order chi connectivity index (χ1) is 9.57. The van der Waals surface area contributed by atoms with Crippen molar-refractivity contribution in [2.75, 3.05) is 26.9 Å².